The lowest BCUT2D eigenvalue weighted by Gasteiger charge is -1.89. The number of benzene rings is 2. The molecule has 1 heterocycles. The van der Waals surface area contributed by atoms with Gasteiger partial charge in [-0.05, 0) is 23.9 Å². The minimum Gasteiger partial charge on any atom is -0.237 e. The molecule has 0 atom stereocenters. The maximum atomic E-state index is 5.11. The van der Waals surface area contributed by atoms with E-state index in [1.54, 1.807) is 25.4 Å². The molecule has 0 saturated heterocycles. The molecule has 1 aromatic heterocycles. The molecule has 0 fully saturated rings. The molecular formula is C14H14ClN2S+. The maximum Gasteiger partial charge on any atom is 0.257 e. The van der Waals surface area contributed by atoms with Crippen molar-refractivity contribution in [1.82, 2.24) is 9.40 Å². The lowest BCUT2D eigenvalue weighted by atomic mass is 10.3. The van der Waals surface area contributed by atoms with Gasteiger partial charge in [0, 0.05) is 26.2 Å². The van der Waals surface area contributed by atoms with E-state index >= 15 is 0 Å². The van der Waals surface area contributed by atoms with E-state index in [9.17, 15) is 0 Å². The van der Waals surface area contributed by atoms with E-state index in [2.05, 4.69) is 41.4 Å². The van der Waals surface area contributed by atoms with Gasteiger partial charge >= 0.3 is 0 Å². The lowest BCUT2D eigenvalue weighted by Crippen LogP contribution is -1.89. The molecule has 3 rings (SSSR count). The summed E-state index contributed by atoms with van der Waals surface area (Å²) in [5, 5.41) is 0. The van der Waals surface area contributed by atoms with Crippen LogP contribution in [0.1, 0.15) is 0 Å². The molecule has 2 nitrogen and oxygen atoms in total. The first kappa shape index (κ1) is 13.1. The Morgan fingerprint density at radius 3 is 1.72 bits per heavy atom. The van der Waals surface area contributed by atoms with E-state index in [1.807, 2.05) is 12.1 Å². The summed E-state index contributed by atoms with van der Waals surface area (Å²) in [5.74, 6) is 0. The molecule has 0 saturated carbocycles. The molecule has 2 aromatic carbocycles. The Morgan fingerprint density at radius 1 is 0.889 bits per heavy atom. The van der Waals surface area contributed by atoms with Gasteiger partial charge < -0.3 is 0 Å². The molecule has 0 aliphatic carbocycles. The van der Waals surface area contributed by atoms with E-state index < -0.39 is 0 Å². The third kappa shape index (κ3) is 3.35. The Hall–Kier alpha value is -1.29. The number of hydrogen-bond acceptors (Lipinski definition) is 2. The Balaban J connectivity index is 0.000000267. The molecule has 3 aromatic rings. The van der Waals surface area contributed by atoms with Crippen LogP contribution in [0.2, 0.25) is 0 Å². The number of rotatable bonds is 0. The van der Waals surface area contributed by atoms with Crippen LogP contribution in [0.3, 0.4) is 0 Å². The Morgan fingerprint density at radius 2 is 1.28 bits per heavy atom. The molecular weight excluding hydrogens is 264 g/mol. The lowest BCUT2D eigenvalue weighted by molar-refractivity contribution is 0.681. The summed E-state index contributed by atoms with van der Waals surface area (Å²) in [6.07, 6.45) is 0. The normalized spacial score (nSPS) is 10.4. The summed E-state index contributed by atoms with van der Waals surface area (Å²) in [6, 6.07) is 16.5. The van der Waals surface area contributed by atoms with E-state index in [4.69, 9.17) is 11.8 Å². The van der Waals surface area contributed by atoms with Crippen LogP contribution in [0.5, 0.6) is 0 Å². The van der Waals surface area contributed by atoms with Crippen molar-refractivity contribution in [2.45, 2.75) is 0 Å². The highest BCUT2D eigenvalue weighted by molar-refractivity contribution is 7.24. The molecule has 4 heteroatoms. The monoisotopic (exact) mass is 277 g/mol. The molecule has 92 valence electrons. The molecule has 0 amide bonds. The van der Waals surface area contributed by atoms with Crippen molar-refractivity contribution in [3.8, 4) is 0 Å². The van der Waals surface area contributed by atoms with Gasteiger partial charge in [-0.3, -0.25) is 0 Å². The summed E-state index contributed by atoms with van der Waals surface area (Å²) in [4.78, 5) is 4.59. The Kier molecular flexibility index (Phi) is 4.42. The Labute approximate surface area is 116 Å². The highest BCUT2D eigenvalue weighted by atomic mass is 35.5. The molecule has 0 bridgehead atoms. The van der Waals surface area contributed by atoms with Gasteiger partial charge in [0.05, 0.1) is 0 Å². The van der Waals surface area contributed by atoms with E-state index in [1.165, 1.54) is 13.8 Å². The van der Waals surface area contributed by atoms with E-state index in [0.717, 1.165) is 11.0 Å². The molecule has 18 heavy (non-hydrogen) atoms. The molecule has 0 aliphatic rings. The van der Waals surface area contributed by atoms with Crippen LogP contribution in [0.15, 0.2) is 48.5 Å². The second-order valence-corrected chi connectivity index (χ2v) is 5.69. The molecule has 0 N–H and O–H groups in total. The van der Waals surface area contributed by atoms with Crippen molar-refractivity contribution in [3.05, 3.63) is 48.5 Å². The van der Waals surface area contributed by atoms with Gasteiger partial charge in [0.1, 0.15) is 11.0 Å². The minimum absolute atomic E-state index is 1.08. The molecule has 0 radical (unpaired) electrons. The maximum absolute atomic E-state index is 5.11. The van der Waals surface area contributed by atoms with E-state index in [0.29, 0.717) is 0 Å². The van der Waals surface area contributed by atoms with Crippen molar-refractivity contribution in [2.24, 2.45) is 0 Å². The van der Waals surface area contributed by atoms with Crippen molar-refractivity contribution >= 4 is 43.5 Å². The third-order valence-corrected chi connectivity index (χ3v) is 3.32. The van der Waals surface area contributed by atoms with Gasteiger partial charge in [0.25, 0.3) is 9.40 Å². The molecule has 0 spiro atoms. The van der Waals surface area contributed by atoms with Gasteiger partial charge in [-0.1, -0.05) is 24.3 Å². The van der Waals surface area contributed by atoms with Crippen molar-refractivity contribution in [2.75, 3.05) is 14.1 Å². The summed E-state index contributed by atoms with van der Waals surface area (Å²) < 4.78 is 3.96. The van der Waals surface area contributed by atoms with Crippen LogP contribution in [-0.4, -0.2) is 23.5 Å². The fourth-order valence-electron chi connectivity index (χ4n) is 1.52. The average molecular weight is 278 g/mol. The minimum atomic E-state index is 1.08. The second kappa shape index (κ2) is 6.05. The highest BCUT2D eigenvalue weighted by Gasteiger charge is 2.09. The predicted octanol–water partition coefficient (Wildman–Crippen LogP) is 4.43. The second-order valence-electron chi connectivity index (χ2n) is 3.93. The number of fused-ring (bicyclic) bond motifs is 2. The summed E-state index contributed by atoms with van der Waals surface area (Å²) >= 11 is 6.90. The number of halogens is 1. The number of nitrogens with zero attached hydrogens (tertiary/aromatic N) is 2. The summed E-state index contributed by atoms with van der Waals surface area (Å²) in [6.45, 7) is 0. The van der Waals surface area contributed by atoms with Crippen LogP contribution in [0.4, 0.5) is 0 Å². The van der Waals surface area contributed by atoms with Crippen LogP contribution >= 0.6 is 23.1 Å². The largest absolute Gasteiger partial charge is 0.257 e. The summed E-state index contributed by atoms with van der Waals surface area (Å²) in [7, 11) is 3.53. The molecule has 0 aliphatic heterocycles. The predicted molar refractivity (Wildman–Crippen MR) is 81.1 cm³/mol. The van der Waals surface area contributed by atoms with Crippen LogP contribution in [-0.2, 0) is 0 Å². The van der Waals surface area contributed by atoms with Crippen molar-refractivity contribution < 1.29 is 0 Å². The fraction of sp³-hybridized carbons (Fsp3) is 0.143. The van der Waals surface area contributed by atoms with Crippen LogP contribution in [0.25, 0.3) is 20.4 Å². The van der Waals surface area contributed by atoms with Gasteiger partial charge in [0.2, 0.25) is 11.3 Å². The number of para-hydroxylation sites is 2. The van der Waals surface area contributed by atoms with Crippen molar-refractivity contribution in [3.63, 3.8) is 0 Å². The zero-order chi connectivity index (χ0) is 13.0. The quantitative estimate of drug-likeness (QED) is 0.343. The third-order valence-electron chi connectivity index (χ3n) is 2.19. The molecule has 0 unspecified atom stereocenters. The smallest absolute Gasteiger partial charge is 0.237 e. The topological polar surface area (TPSA) is 16.1 Å². The first-order chi connectivity index (χ1) is 8.66. The first-order valence-corrected chi connectivity index (χ1v) is 6.73. The SMILES string of the molecule is CN(C)Cl.c1ccc2[s+]c3ccccc3nc2c1. The van der Waals surface area contributed by atoms with Gasteiger partial charge in [0.15, 0.2) is 0 Å². The van der Waals surface area contributed by atoms with Crippen LogP contribution in [0, 0.1) is 0 Å². The van der Waals surface area contributed by atoms with Gasteiger partial charge in [-0.25, -0.2) is 9.40 Å². The number of aromatic nitrogens is 1. The van der Waals surface area contributed by atoms with Crippen LogP contribution < -0.4 is 0 Å². The average Bonchev–Trinajstić information content (AvgIpc) is 2.35. The number of hydrogen-bond donors (Lipinski definition) is 0. The first-order valence-electron chi connectivity index (χ1n) is 5.57. The summed E-state index contributed by atoms with van der Waals surface area (Å²) in [5.41, 5.74) is 2.16. The zero-order valence-corrected chi connectivity index (χ0v) is 11.9. The zero-order valence-electron chi connectivity index (χ0n) is 10.3. The van der Waals surface area contributed by atoms with Crippen molar-refractivity contribution in [1.29, 1.82) is 0 Å². The highest BCUT2D eigenvalue weighted by Crippen LogP contribution is 2.24. The van der Waals surface area contributed by atoms with Gasteiger partial charge in [-0.15, -0.1) is 0 Å². The Bertz CT molecular complexity index is 547. The van der Waals surface area contributed by atoms with Gasteiger partial charge in [-0.2, -0.15) is 0 Å². The fourth-order valence-corrected chi connectivity index (χ4v) is 2.49. The van der Waals surface area contributed by atoms with E-state index in [-0.39, 0.29) is 0 Å². The standard InChI is InChI=1S/C12H8NS.C2H6ClN/c1-3-7-11-9(5-1)13-10-6-2-4-8-12(10)14-11;1-4(2)3/h1-8H;1-2H3/q+1;.